The Kier molecular flexibility index (Phi) is 8.71. The van der Waals surface area contributed by atoms with Gasteiger partial charge in [0.15, 0.2) is 5.96 Å². The predicted molar refractivity (Wildman–Crippen MR) is 126 cm³/mol. The molecule has 170 valence electrons. The van der Waals surface area contributed by atoms with Crippen molar-refractivity contribution in [2.75, 3.05) is 53.0 Å². The molecule has 2 aromatic rings. The Balaban J connectivity index is 1.71. The first-order valence-corrected chi connectivity index (χ1v) is 11.7. The van der Waals surface area contributed by atoms with Crippen LogP contribution >= 0.6 is 11.3 Å². The molecule has 2 unspecified atom stereocenters. The van der Waals surface area contributed by atoms with Gasteiger partial charge in [-0.1, -0.05) is 12.1 Å². The van der Waals surface area contributed by atoms with E-state index < -0.39 is 5.60 Å². The lowest BCUT2D eigenvalue weighted by atomic mass is 10.00. The number of benzene rings is 1. The number of nitrogens with one attached hydrogen (secondary N) is 2. The molecule has 1 saturated heterocycles. The molecular weight excluding hydrogens is 412 g/mol. The first kappa shape index (κ1) is 23.5. The topological polar surface area (TPSA) is 78.4 Å². The van der Waals surface area contributed by atoms with E-state index in [9.17, 15) is 5.11 Å². The highest BCUT2D eigenvalue weighted by Gasteiger charge is 2.25. The second kappa shape index (κ2) is 11.5. The molecule has 31 heavy (non-hydrogen) atoms. The van der Waals surface area contributed by atoms with Crippen molar-refractivity contribution in [3.05, 3.63) is 52.2 Å². The van der Waals surface area contributed by atoms with Crippen LogP contribution in [0.4, 0.5) is 0 Å². The molecule has 1 aromatic heterocycles. The standard InChI is InChI=1S/C23H34N4O3S/c1-4-24-22(26-17-23(2,28)19-9-14-31-16-19)25-15-21(27-10-12-30-13-11-27)18-5-7-20(29-3)8-6-18/h5-9,14,16,21,28H,4,10-13,15,17H2,1-3H3,(H2,24,25,26). The molecular formula is C23H34N4O3S. The minimum Gasteiger partial charge on any atom is -0.497 e. The molecule has 0 amide bonds. The van der Waals surface area contributed by atoms with E-state index in [2.05, 4.69) is 32.7 Å². The molecule has 0 saturated carbocycles. The van der Waals surface area contributed by atoms with Gasteiger partial charge >= 0.3 is 0 Å². The van der Waals surface area contributed by atoms with E-state index in [1.807, 2.05) is 35.9 Å². The van der Waals surface area contributed by atoms with Gasteiger partial charge in [0.1, 0.15) is 11.4 Å². The van der Waals surface area contributed by atoms with Crippen LogP contribution in [0.3, 0.4) is 0 Å². The van der Waals surface area contributed by atoms with Crippen molar-refractivity contribution < 1.29 is 14.6 Å². The van der Waals surface area contributed by atoms with Gasteiger partial charge in [-0.15, -0.1) is 0 Å². The van der Waals surface area contributed by atoms with E-state index in [0.29, 0.717) is 12.5 Å². The number of morpholine rings is 1. The summed E-state index contributed by atoms with van der Waals surface area (Å²) < 4.78 is 10.9. The first-order chi connectivity index (χ1) is 15.0. The molecule has 1 aliphatic heterocycles. The van der Waals surface area contributed by atoms with Crippen LogP contribution in [-0.4, -0.2) is 69.0 Å². The summed E-state index contributed by atoms with van der Waals surface area (Å²) in [5.74, 6) is 1.55. The third-order valence-corrected chi connectivity index (χ3v) is 6.17. The molecule has 0 radical (unpaired) electrons. The molecule has 2 atom stereocenters. The first-order valence-electron chi connectivity index (χ1n) is 10.8. The number of hydrogen-bond acceptors (Lipinski definition) is 6. The van der Waals surface area contributed by atoms with E-state index in [1.165, 1.54) is 5.56 Å². The summed E-state index contributed by atoms with van der Waals surface area (Å²) in [6.07, 6.45) is 0. The Labute approximate surface area is 189 Å². The molecule has 0 aliphatic carbocycles. The molecule has 8 heteroatoms. The van der Waals surface area contributed by atoms with Gasteiger partial charge < -0.3 is 25.2 Å². The van der Waals surface area contributed by atoms with Crippen LogP contribution in [0, 0.1) is 0 Å². The van der Waals surface area contributed by atoms with Gasteiger partial charge in [-0.25, -0.2) is 4.99 Å². The smallest absolute Gasteiger partial charge is 0.191 e. The quantitative estimate of drug-likeness (QED) is 0.406. The molecule has 1 aliphatic rings. The Morgan fingerprint density at radius 1 is 1.26 bits per heavy atom. The van der Waals surface area contributed by atoms with Crippen LogP contribution < -0.4 is 15.4 Å². The molecule has 2 heterocycles. The summed E-state index contributed by atoms with van der Waals surface area (Å²) in [7, 11) is 1.68. The summed E-state index contributed by atoms with van der Waals surface area (Å²) >= 11 is 1.58. The number of methoxy groups -OCH3 is 1. The van der Waals surface area contributed by atoms with Gasteiger partial charge in [0.25, 0.3) is 0 Å². The number of aliphatic hydroxyl groups is 1. The highest BCUT2D eigenvalue weighted by molar-refractivity contribution is 7.08. The summed E-state index contributed by atoms with van der Waals surface area (Å²) in [5, 5.41) is 21.5. The molecule has 1 fully saturated rings. The minimum atomic E-state index is -0.998. The van der Waals surface area contributed by atoms with Crippen LogP contribution in [0.5, 0.6) is 5.75 Å². The monoisotopic (exact) mass is 446 g/mol. The number of nitrogens with zero attached hydrogens (tertiary/aromatic N) is 2. The van der Waals surface area contributed by atoms with Crippen LogP contribution in [0.25, 0.3) is 0 Å². The lowest BCUT2D eigenvalue weighted by Gasteiger charge is -2.35. The third-order valence-electron chi connectivity index (χ3n) is 5.48. The fraction of sp³-hybridized carbons (Fsp3) is 0.522. The normalized spacial score (nSPS) is 18.3. The van der Waals surface area contributed by atoms with E-state index in [4.69, 9.17) is 9.47 Å². The van der Waals surface area contributed by atoms with Gasteiger partial charge in [-0.05, 0) is 53.9 Å². The molecule has 3 rings (SSSR count). The van der Waals surface area contributed by atoms with Crippen molar-refractivity contribution in [2.24, 2.45) is 4.99 Å². The molecule has 1 aromatic carbocycles. The summed E-state index contributed by atoms with van der Waals surface area (Å²) in [6.45, 7) is 8.82. The number of guanidine groups is 1. The van der Waals surface area contributed by atoms with Crippen LogP contribution in [0.2, 0.25) is 0 Å². The van der Waals surface area contributed by atoms with Crippen molar-refractivity contribution in [1.82, 2.24) is 15.5 Å². The highest BCUT2D eigenvalue weighted by Crippen LogP contribution is 2.25. The van der Waals surface area contributed by atoms with Crippen molar-refractivity contribution in [3.8, 4) is 5.75 Å². The summed E-state index contributed by atoms with van der Waals surface area (Å²) in [5.41, 5.74) is 1.11. The van der Waals surface area contributed by atoms with Gasteiger partial charge in [-0.2, -0.15) is 11.3 Å². The van der Waals surface area contributed by atoms with Crippen LogP contribution in [0.1, 0.15) is 31.0 Å². The SMILES string of the molecule is CCNC(=NCC(C)(O)c1ccsc1)NCC(c1ccc(OC)cc1)N1CCOCC1. The lowest BCUT2D eigenvalue weighted by molar-refractivity contribution is 0.0169. The average molecular weight is 447 g/mol. The van der Waals surface area contributed by atoms with Gasteiger partial charge in [0.2, 0.25) is 0 Å². The van der Waals surface area contributed by atoms with Crippen LogP contribution in [0.15, 0.2) is 46.1 Å². The summed E-state index contributed by atoms with van der Waals surface area (Å²) in [4.78, 5) is 7.10. The van der Waals surface area contributed by atoms with Crippen molar-refractivity contribution in [3.63, 3.8) is 0 Å². The Morgan fingerprint density at radius 3 is 2.61 bits per heavy atom. The average Bonchev–Trinajstić information content (AvgIpc) is 3.35. The van der Waals surface area contributed by atoms with Crippen molar-refractivity contribution >= 4 is 17.3 Å². The van der Waals surface area contributed by atoms with Crippen molar-refractivity contribution in [2.45, 2.75) is 25.5 Å². The molecule has 7 nitrogen and oxygen atoms in total. The molecule has 3 N–H and O–H groups in total. The fourth-order valence-electron chi connectivity index (χ4n) is 3.60. The van der Waals surface area contributed by atoms with Gasteiger partial charge in [0, 0.05) is 26.2 Å². The zero-order valence-corrected chi connectivity index (χ0v) is 19.5. The maximum Gasteiger partial charge on any atom is 0.191 e. The van der Waals surface area contributed by atoms with Crippen molar-refractivity contribution in [1.29, 1.82) is 0 Å². The van der Waals surface area contributed by atoms with Gasteiger partial charge in [0.05, 0.1) is 32.9 Å². The van der Waals surface area contributed by atoms with E-state index in [-0.39, 0.29) is 12.6 Å². The summed E-state index contributed by atoms with van der Waals surface area (Å²) in [6, 6.07) is 10.4. The predicted octanol–water partition coefficient (Wildman–Crippen LogP) is 2.59. The van der Waals surface area contributed by atoms with Crippen LogP contribution in [-0.2, 0) is 10.3 Å². The number of hydrogen-bond donors (Lipinski definition) is 3. The molecule has 0 bridgehead atoms. The highest BCUT2D eigenvalue weighted by atomic mass is 32.1. The lowest BCUT2D eigenvalue weighted by Crippen LogP contribution is -2.46. The van der Waals surface area contributed by atoms with Gasteiger partial charge in [-0.3, -0.25) is 4.90 Å². The fourth-order valence-corrected chi connectivity index (χ4v) is 4.39. The number of rotatable bonds is 9. The Hall–Kier alpha value is -2.13. The number of thiophene rings is 1. The minimum absolute atomic E-state index is 0.177. The largest absolute Gasteiger partial charge is 0.497 e. The zero-order chi connectivity index (χ0) is 22.1. The number of ether oxygens (including phenoxy) is 2. The zero-order valence-electron chi connectivity index (χ0n) is 18.6. The maximum atomic E-state index is 10.8. The Bertz CT molecular complexity index is 803. The number of aliphatic imine (C=N–C) groups is 1. The Morgan fingerprint density at radius 2 is 2.00 bits per heavy atom. The van der Waals surface area contributed by atoms with E-state index >= 15 is 0 Å². The van der Waals surface area contributed by atoms with E-state index in [0.717, 1.165) is 44.2 Å². The second-order valence-corrected chi connectivity index (χ2v) is 8.58. The second-order valence-electron chi connectivity index (χ2n) is 7.80. The maximum absolute atomic E-state index is 10.8. The van der Waals surface area contributed by atoms with E-state index in [1.54, 1.807) is 25.4 Å². The third kappa shape index (κ3) is 6.67. The molecule has 0 spiro atoms.